The predicted molar refractivity (Wildman–Crippen MR) is 133 cm³/mol. The van der Waals surface area contributed by atoms with E-state index < -0.39 is 17.7 Å². The lowest BCUT2D eigenvalue weighted by atomic mass is 9.78. The van der Waals surface area contributed by atoms with Crippen LogP contribution in [0.3, 0.4) is 0 Å². The van der Waals surface area contributed by atoms with Crippen molar-refractivity contribution in [3.05, 3.63) is 64.8 Å². The first-order valence-electron chi connectivity index (χ1n) is 11.5. The van der Waals surface area contributed by atoms with Gasteiger partial charge in [-0.25, -0.2) is 0 Å². The van der Waals surface area contributed by atoms with Gasteiger partial charge in [0.2, 0.25) is 5.91 Å². The standard InChI is InChI=1S/C26H32ClN3O3/c1-2-19(26(29)32)23(21-16-22(27)20-11-8-13-30-24(20)25(21)31)17-9-7-10-18(15-17)33-14-6-4-3-5-12-28/h7-11,13,15-16,19,23,31H,2-6,12,14,28H2,1H3,(H2,29,32). The van der Waals surface area contributed by atoms with Gasteiger partial charge in [0.15, 0.2) is 0 Å². The van der Waals surface area contributed by atoms with E-state index in [1.807, 2.05) is 31.2 Å². The Balaban J connectivity index is 1.97. The molecule has 3 rings (SSSR count). The molecule has 0 saturated heterocycles. The van der Waals surface area contributed by atoms with E-state index in [2.05, 4.69) is 4.98 Å². The fraction of sp³-hybridized carbons (Fsp3) is 0.385. The Hall–Kier alpha value is -2.83. The number of unbranched alkanes of at least 4 members (excludes halogenated alkanes) is 3. The number of halogens is 1. The SMILES string of the molecule is CCC(C(N)=O)C(c1cccc(OCCCCCCN)c1)c1cc(Cl)c2cccnc2c1O. The van der Waals surface area contributed by atoms with Crippen molar-refractivity contribution in [3.63, 3.8) is 0 Å². The number of aromatic hydroxyl groups is 1. The van der Waals surface area contributed by atoms with E-state index in [-0.39, 0.29) is 5.75 Å². The third-order valence-electron chi connectivity index (χ3n) is 5.97. The molecule has 6 nitrogen and oxygen atoms in total. The molecule has 2 aromatic carbocycles. The molecule has 1 aromatic heterocycles. The summed E-state index contributed by atoms with van der Waals surface area (Å²) in [5.74, 6) is -0.763. The molecule has 7 heteroatoms. The van der Waals surface area contributed by atoms with E-state index in [4.69, 9.17) is 27.8 Å². The Morgan fingerprint density at radius 3 is 2.67 bits per heavy atom. The van der Waals surface area contributed by atoms with Crippen LogP contribution in [0.5, 0.6) is 11.5 Å². The molecule has 0 radical (unpaired) electrons. The van der Waals surface area contributed by atoms with Crippen molar-refractivity contribution in [2.75, 3.05) is 13.2 Å². The van der Waals surface area contributed by atoms with E-state index >= 15 is 0 Å². The van der Waals surface area contributed by atoms with Gasteiger partial charge in [0, 0.05) is 29.0 Å². The van der Waals surface area contributed by atoms with E-state index in [1.165, 1.54) is 0 Å². The maximum Gasteiger partial charge on any atom is 0.221 e. The van der Waals surface area contributed by atoms with Crippen LogP contribution in [0.15, 0.2) is 48.7 Å². The number of hydrogen-bond donors (Lipinski definition) is 3. The zero-order chi connectivity index (χ0) is 23.8. The molecule has 1 heterocycles. The fourth-order valence-corrected chi connectivity index (χ4v) is 4.53. The summed E-state index contributed by atoms with van der Waals surface area (Å²) in [6.07, 6.45) is 6.23. The highest BCUT2D eigenvalue weighted by Crippen LogP contribution is 2.43. The summed E-state index contributed by atoms with van der Waals surface area (Å²) < 4.78 is 5.96. The molecule has 3 aromatic rings. The quantitative estimate of drug-likeness (QED) is 0.318. The lowest BCUT2D eigenvalue weighted by Gasteiger charge is -2.26. The number of carbonyl (C=O) groups excluding carboxylic acids is 1. The van der Waals surface area contributed by atoms with Crippen molar-refractivity contribution in [2.45, 2.75) is 44.9 Å². The number of ether oxygens (including phenoxy) is 1. The number of phenols is 1. The highest BCUT2D eigenvalue weighted by atomic mass is 35.5. The van der Waals surface area contributed by atoms with E-state index in [0.29, 0.717) is 46.8 Å². The van der Waals surface area contributed by atoms with Crippen LogP contribution in [0, 0.1) is 5.92 Å². The van der Waals surface area contributed by atoms with Crippen LogP contribution in [0.4, 0.5) is 0 Å². The summed E-state index contributed by atoms with van der Waals surface area (Å²) in [6, 6.07) is 12.9. The number of rotatable bonds is 12. The second-order valence-electron chi connectivity index (χ2n) is 8.21. The number of carbonyl (C=O) groups is 1. The van der Waals surface area contributed by atoms with Crippen molar-refractivity contribution in [1.82, 2.24) is 4.98 Å². The minimum Gasteiger partial charge on any atom is -0.505 e. The molecule has 0 fully saturated rings. The maximum absolute atomic E-state index is 12.4. The molecule has 0 aliphatic heterocycles. The number of nitrogens with zero attached hydrogens (tertiary/aromatic N) is 1. The van der Waals surface area contributed by atoms with Crippen LogP contribution >= 0.6 is 11.6 Å². The van der Waals surface area contributed by atoms with E-state index in [9.17, 15) is 9.90 Å². The number of hydrogen-bond acceptors (Lipinski definition) is 5. The molecule has 0 spiro atoms. The monoisotopic (exact) mass is 469 g/mol. The summed E-state index contributed by atoms with van der Waals surface area (Å²) in [5.41, 5.74) is 13.1. The second kappa shape index (κ2) is 11.9. The van der Waals surface area contributed by atoms with Gasteiger partial charge in [-0.3, -0.25) is 9.78 Å². The minimum absolute atomic E-state index is 0.00549. The second-order valence-corrected chi connectivity index (χ2v) is 8.62. The number of primary amides is 1. The smallest absolute Gasteiger partial charge is 0.221 e. The molecule has 0 aliphatic carbocycles. The van der Waals surface area contributed by atoms with Crippen LogP contribution in [0.2, 0.25) is 5.02 Å². The number of aromatic nitrogens is 1. The Kier molecular flexibility index (Phi) is 8.92. The molecule has 2 atom stereocenters. The van der Waals surface area contributed by atoms with E-state index in [1.54, 1.807) is 24.4 Å². The summed E-state index contributed by atoms with van der Waals surface area (Å²) in [4.78, 5) is 16.7. The largest absolute Gasteiger partial charge is 0.505 e. The van der Waals surface area contributed by atoms with Crippen molar-refractivity contribution in [2.24, 2.45) is 17.4 Å². The first kappa shape index (κ1) is 24.8. The van der Waals surface area contributed by atoms with Gasteiger partial charge >= 0.3 is 0 Å². The maximum atomic E-state index is 12.4. The minimum atomic E-state index is -0.542. The molecule has 5 N–H and O–H groups in total. The number of nitrogens with two attached hydrogens (primary N) is 2. The molecule has 0 saturated carbocycles. The first-order valence-corrected chi connectivity index (χ1v) is 11.8. The third-order valence-corrected chi connectivity index (χ3v) is 6.28. The molecule has 2 unspecified atom stereocenters. The van der Waals surface area contributed by atoms with Crippen LogP contribution in [-0.4, -0.2) is 29.1 Å². The fourth-order valence-electron chi connectivity index (χ4n) is 4.26. The third kappa shape index (κ3) is 5.95. The lowest BCUT2D eigenvalue weighted by Crippen LogP contribution is -2.29. The number of fused-ring (bicyclic) bond motifs is 1. The average molecular weight is 470 g/mol. The highest BCUT2D eigenvalue weighted by Gasteiger charge is 2.31. The summed E-state index contributed by atoms with van der Waals surface area (Å²) in [6.45, 7) is 3.22. The molecular formula is C26H32ClN3O3. The van der Waals surface area contributed by atoms with Crippen LogP contribution in [0.25, 0.3) is 10.9 Å². The average Bonchev–Trinajstić information content (AvgIpc) is 2.82. The lowest BCUT2D eigenvalue weighted by molar-refractivity contribution is -0.122. The van der Waals surface area contributed by atoms with Gasteiger partial charge in [-0.2, -0.15) is 0 Å². The highest BCUT2D eigenvalue weighted by molar-refractivity contribution is 6.35. The summed E-state index contributed by atoms with van der Waals surface area (Å²) in [5, 5.41) is 12.2. The van der Waals surface area contributed by atoms with Crippen LogP contribution < -0.4 is 16.2 Å². The first-order chi connectivity index (χ1) is 16.0. The van der Waals surface area contributed by atoms with E-state index in [0.717, 1.165) is 31.2 Å². The Bertz CT molecular complexity index is 1090. The predicted octanol–water partition coefficient (Wildman–Crippen LogP) is 5.14. The van der Waals surface area contributed by atoms with Gasteiger partial charge in [0.25, 0.3) is 0 Å². The topological polar surface area (TPSA) is 111 Å². The Morgan fingerprint density at radius 1 is 1.15 bits per heavy atom. The summed E-state index contributed by atoms with van der Waals surface area (Å²) >= 11 is 6.55. The Morgan fingerprint density at radius 2 is 1.94 bits per heavy atom. The van der Waals surface area contributed by atoms with Crippen molar-refractivity contribution >= 4 is 28.4 Å². The van der Waals surface area contributed by atoms with Gasteiger partial charge in [-0.05, 0) is 61.7 Å². The van der Waals surface area contributed by atoms with Gasteiger partial charge < -0.3 is 21.3 Å². The molecule has 33 heavy (non-hydrogen) atoms. The molecule has 176 valence electrons. The normalized spacial score (nSPS) is 13.1. The van der Waals surface area contributed by atoms with Gasteiger partial charge in [-0.15, -0.1) is 0 Å². The molecule has 1 amide bonds. The number of phenolic OH excluding ortho intramolecular Hbond substituents is 1. The number of amides is 1. The zero-order valence-corrected chi connectivity index (χ0v) is 19.7. The number of benzene rings is 2. The molecular weight excluding hydrogens is 438 g/mol. The van der Waals surface area contributed by atoms with Crippen LogP contribution in [0.1, 0.15) is 56.1 Å². The van der Waals surface area contributed by atoms with Gasteiger partial charge in [0.05, 0.1) is 11.6 Å². The molecule has 0 aliphatic rings. The molecule has 0 bridgehead atoms. The van der Waals surface area contributed by atoms with Crippen molar-refractivity contribution in [3.8, 4) is 11.5 Å². The van der Waals surface area contributed by atoms with Crippen LogP contribution in [-0.2, 0) is 4.79 Å². The number of pyridine rings is 1. The van der Waals surface area contributed by atoms with Gasteiger partial charge in [0.1, 0.15) is 17.0 Å². The van der Waals surface area contributed by atoms with Crippen molar-refractivity contribution < 1.29 is 14.6 Å². The van der Waals surface area contributed by atoms with Gasteiger partial charge in [-0.1, -0.05) is 43.5 Å². The summed E-state index contributed by atoms with van der Waals surface area (Å²) in [7, 11) is 0. The van der Waals surface area contributed by atoms with Crippen molar-refractivity contribution in [1.29, 1.82) is 0 Å². The Labute approximate surface area is 199 Å². The zero-order valence-electron chi connectivity index (χ0n) is 19.0.